The summed E-state index contributed by atoms with van der Waals surface area (Å²) in [6.45, 7) is 17.9. The number of aromatic nitrogens is 2. The molecule has 1 saturated heterocycles. The third kappa shape index (κ3) is 7.01. The number of primary amides is 1. The van der Waals surface area contributed by atoms with Crippen LogP contribution in [0.25, 0.3) is 0 Å². The van der Waals surface area contributed by atoms with Crippen molar-refractivity contribution < 1.29 is 24.0 Å². The summed E-state index contributed by atoms with van der Waals surface area (Å²) in [6, 6.07) is 1.06. The maximum atomic E-state index is 14.9. The molecule has 4 fully saturated rings. The zero-order valence-electron chi connectivity index (χ0n) is 31.8. The fraction of sp³-hybridized carbons (Fsp3) is 0.775. The van der Waals surface area contributed by atoms with E-state index in [1.54, 1.807) is 23.4 Å². The molecule has 3 aliphatic carbocycles. The number of nitrogens with zero attached hydrogens (tertiary/aromatic N) is 3. The number of likely N-dealkylation sites (tertiary alicyclic amines) is 1. The van der Waals surface area contributed by atoms with Gasteiger partial charge in [-0.15, -0.1) is 0 Å². The maximum absolute atomic E-state index is 14.9. The van der Waals surface area contributed by atoms with Crippen molar-refractivity contribution in [3.8, 4) is 0 Å². The van der Waals surface area contributed by atoms with Crippen LogP contribution in [0.1, 0.15) is 126 Å². The van der Waals surface area contributed by atoms with Gasteiger partial charge in [-0.05, 0) is 65.2 Å². The number of nitrogens with two attached hydrogens (primary N) is 1. The molecule has 1 aromatic heterocycles. The summed E-state index contributed by atoms with van der Waals surface area (Å²) in [7, 11) is 0. The van der Waals surface area contributed by atoms with Crippen molar-refractivity contribution in [3.63, 3.8) is 0 Å². The Balaban J connectivity index is 1.38. The van der Waals surface area contributed by atoms with Gasteiger partial charge in [0.25, 0.3) is 5.91 Å². The second kappa shape index (κ2) is 13.8. The first-order valence-electron chi connectivity index (χ1n) is 18.9. The normalized spacial score (nSPS) is 25.7. The number of fused-ring (bicyclic) bond motifs is 1. The Hall–Kier alpha value is -3.17. The molecule has 5 atom stereocenters. The molecular formula is C40H61N5O5. The number of amides is 2. The zero-order valence-corrected chi connectivity index (χ0v) is 31.8. The molecule has 10 heteroatoms. The Kier molecular flexibility index (Phi) is 10.5. The van der Waals surface area contributed by atoms with E-state index in [0.29, 0.717) is 44.2 Å². The van der Waals surface area contributed by atoms with E-state index in [4.69, 9.17) is 5.73 Å². The van der Waals surface area contributed by atoms with E-state index in [0.717, 1.165) is 38.5 Å². The Morgan fingerprint density at radius 2 is 1.56 bits per heavy atom. The van der Waals surface area contributed by atoms with Crippen LogP contribution in [0.3, 0.4) is 0 Å². The fourth-order valence-electron chi connectivity index (χ4n) is 9.95. The standard InChI is InChI=1S/C40H61N5O5/c1-36(2,3)27(23-44-35-42-16-11-17-43-35)20-28(46)21-29(37(4,5)6)34(50)45-24-40(38(7,8)39(40)14-10-15-39)22-30(45)31(47)19-26(32(48)33(41)49)18-25-12-9-13-25/h11,16-17,25-27,29-30H,9-10,12-15,18-24H2,1-8H3,(H2,41,49)(H,42,43,44)/t26?,27-,29-,30+,40-/m1/s1. The van der Waals surface area contributed by atoms with Gasteiger partial charge in [-0.3, -0.25) is 24.0 Å². The molecule has 2 spiro atoms. The van der Waals surface area contributed by atoms with E-state index in [2.05, 4.69) is 49.9 Å². The summed E-state index contributed by atoms with van der Waals surface area (Å²) in [4.78, 5) is 78.6. The number of anilines is 1. The number of nitrogens with one attached hydrogen (secondary N) is 1. The van der Waals surface area contributed by atoms with Gasteiger partial charge >= 0.3 is 0 Å². The highest BCUT2D eigenvalue weighted by molar-refractivity contribution is 6.36. The predicted molar refractivity (Wildman–Crippen MR) is 193 cm³/mol. The number of carbonyl (C=O) groups excluding carboxylic acids is 5. The van der Waals surface area contributed by atoms with E-state index >= 15 is 0 Å². The van der Waals surface area contributed by atoms with Gasteiger partial charge < -0.3 is 16.0 Å². The Labute approximate surface area is 298 Å². The highest BCUT2D eigenvalue weighted by Gasteiger charge is 2.85. The first-order chi connectivity index (χ1) is 23.2. The van der Waals surface area contributed by atoms with Gasteiger partial charge in [-0.25, -0.2) is 9.97 Å². The first kappa shape index (κ1) is 38.1. The lowest BCUT2D eigenvalue weighted by Crippen LogP contribution is -2.48. The smallest absolute Gasteiger partial charge is 0.285 e. The van der Waals surface area contributed by atoms with Crippen LogP contribution in [0.2, 0.25) is 0 Å². The number of rotatable bonds is 15. The van der Waals surface area contributed by atoms with Crippen LogP contribution < -0.4 is 11.1 Å². The number of hydrogen-bond acceptors (Lipinski definition) is 8. The van der Waals surface area contributed by atoms with Crippen molar-refractivity contribution in [1.29, 1.82) is 0 Å². The van der Waals surface area contributed by atoms with E-state index in [1.165, 1.54) is 0 Å². The molecule has 1 unspecified atom stereocenters. The van der Waals surface area contributed by atoms with E-state index in [9.17, 15) is 24.0 Å². The van der Waals surface area contributed by atoms with Gasteiger partial charge in [0.1, 0.15) is 5.78 Å². The minimum Gasteiger partial charge on any atom is -0.363 e. The molecule has 50 heavy (non-hydrogen) atoms. The molecule has 2 amide bonds. The first-order valence-corrected chi connectivity index (χ1v) is 18.9. The SMILES string of the molecule is CC(C)(C)[C@@H](CNc1ncccn1)CC(=O)C[C@H](C(=O)N1C[C@]2(C[C@H]1C(=O)CC(CC1CCC1)C(=O)C(N)=O)C(C)(C)C21CCC1)C(C)(C)C. The number of carbonyl (C=O) groups is 5. The van der Waals surface area contributed by atoms with Crippen LogP contribution in [0.15, 0.2) is 18.5 Å². The van der Waals surface area contributed by atoms with Crippen molar-refractivity contribution in [3.05, 3.63) is 18.5 Å². The molecular weight excluding hydrogens is 630 g/mol. The van der Waals surface area contributed by atoms with Crippen molar-refractivity contribution >= 4 is 35.1 Å². The number of hydrogen-bond donors (Lipinski definition) is 2. The molecule has 3 saturated carbocycles. The highest BCUT2D eigenvalue weighted by Crippen LogP contribution is 2.88. The molecule has 5 rings (SSSR count). The van der Waals surface area contributed by atoms with Crippen molar-refractivity contribution in [1.82, 2.24) is 14.9 Å². The topological polar surface area (TPSA) is 152 Å². The van der Waals surface area contributed by atoms with Crippen molar-refractivity contribution in [2.75, 3.05) is 18.4 Å². The van der Waals surface area contributed by atoms with E-state index in [1.807, 2.05) is 20.8 Å². The minimum absolute atomic E-state index is 0.0144. The lowest BCUT2D eigenvalue weighted by molar-refractivity contribution is -0.147. The van der Waals surface area contributed by atoms with Gasteiger partial charge in [-0.1, -0.05) is 81.1 Å². The summed E-state index contributed by atoms with van der Waals surface area (Å²) in [5.74, 6) is -2.56. The van der Waals surface area contributed by atoms with Crippen LogP contribution in [0.5, 0.6) is 0 Å². The van der Waals surface area contributed by atoms with Gasteiger partial charge in [0.15, 0.2) is 5.78 Å². The quantitative estimate of drug-likeness (QED) is 0.207. The van der Waals surface area contributed by atoms with Crippen LogP contribution in [-0.2, 0) is 24.0 Å². The van der Waals surface area contributed by atoms with Gasteiger partial charge in [0.05, 0.1) is 6.04 Å². The van der Waals surface area contributed by atoms with Crippen LogP contribution in [0.4, 0.5) is 5.95 Å². The fourth-order valence-corrected chi connectivity index (χ4v) is 9.95. The summed E-state index contributed by atoms with van der Waals surface area (Å²) in [5, 5.41) is 3.28. The van der Waals surface area contributed by atoms with Crippen LogP contribution >= 0.6 is 0 Å². The molecule has 0 radical (unpaired) electrons. The largest absolute Gasteiger partial charge is 0.363 e. The van der Waals surface area contributed by atoms with Gasteiger partial charge in [0, 0.05) is 62.0 Å². The third-order valence-corrected chi connectivity index (χ3v) is 13.9. The summed E-state index contributed by atoms with van der Waals surface area (Å²) >= 11 is 0. The Bertz CT molecular complexity index is 1470. The van der Waals surface area contributed by atoms with E-state index < -0.39 is 35.0 Å². The van der Waals surface area contributed by atoms with Gasteiger partial charge in [-0.2, -0.15) is 0 Å². The number of Topliss-reactive ketones (excluding diaryl/α,β-unsaturated/α-hetero) is 3. The monoisotopic (exact) mass is 691 g/mol. The van der Waals surface area contributed by atoms with Crippen LogP contribution in [-0.4, -0.2) is 63.2 Å². The van der Waals surface area contributed by atoms with Crippen molar-refractivity contribution in [2.45, 2.75) is 132 Å². The molecule has 276 valence electrons. The molecule has 10 nitrogen and oxygen atoms in total. The lowest BCUT2D eigenvalue weighted by Gasteiger charge is -2.36. The van der Waals surface area contributed by atoms with Crippen molar-refractivity contribution in [2.24, 2.45) is 56.5 Å². The molecule has 1 aromatic rings. The molecule has 4 aliphatic rings. The molecule has 0 aromatic carbocycles. The molecule has 2 heterocycles. The zero-order chi connectivity index (χ0) is 36.9. The third-order valence-electron chi connectivity index (χ3n) is 13.9. The number of ketones is 3. The van der Waals surface area contributed by atoms with Crippen LogP contribution in [0, 0.1) is 50.7 Å². The maximum Gasteiger partial charge on any atom is 0.285 e. The predicted octanol–water partition coefficient (Wildman–Crippen LogP) is 6.18. The summed E-state index contributed by atoms with van der Waals surface area (Å²) < 4.78 is 0. The molecule has 1 aliphatic heterocycles. The molecule has 3 N–H and O–H groups in total. The highest BCUT2D eigenvalue weighted by atomic mass is 16.2. The average molecular weight is 692 g/mol. The summed E-state index contributed by atoms with van der Waals surface area (Å²) in [6.07, 6.45) is 11.1. The molecule has 0 bridgehead atoms. The minimum atomic E-state index is -0.999. The Morgan fingerprint density at radius 1 is 0.920 bits per heavy atom. The van der Waals surface area contributed by atoms with Gasteiger partial charge in [0.2, 0.25) is 17.6 Å². The second-order valence-electron chi connectivity index (χ2n) is 18.8. The summed E-state index contributed by atoms with van der Waals surface area (Å²) in [5.41, 5.74) is 4.63. The second-order valence-corrected chi connectivity index (χ2v) is 18.8. The van der Waals surface area contributed by atoms with E-state index in [-0.39, 0.29) is 57.9 Å². The lowest BCUT2D eigenvalue weighted by atomic mass is 9.73. The Morgan fingerprint density at radius 3 is 2.04 bits per heavy atom. The average Bonchev–Trinajstić information content (AvgIpc) is 3.21.